The molecule has 0 spiro atoms. The number of nitrogens with one attached hydrogen (secondary N) is 2. The summed E-state index contributed by atoms with van der Waals surface area (Å²) in [6.07, 6.45) is 0. The number of benzene rings is 2. The second-order valence-electron chi connectivity index (χ2n) is 3.58. The fourth-order valence-corrected chi connectivity index (χ4v) is 1.43. The van der Waals surface area contributed by atoms with Crippen molar-refractivity contribution in [3.63, 3.8) is 0 Å². The van der Waals surface area contributed by atoms with E-state index in [0.717, 1.165) is 11.4 Å². The largest absolute Gasteiger partial charge is 0.363 e. The Morgan fingerprint density at radius 2 is 1.06 bits per heavy atom. The van der Waals surface area contributed by atoms with Gasteiger partial charge < -0.3 is 15.4 Å². The number of hydrogen-bond acceptors (Lipinski definition) is 3. The van der Waals surface area contributed by atoms with Crippen molar-refractivity contribution in [2.45, 2.75) is 0 Å². The molecule has 17 heavy (non-hydrogen) atoms. The molecule has 0 radical (unpaired) electrons. The molecule has 0 aliphatic heterocycles. The van der Waals surface area contributed by atoms with E-state index < -0.39 is 0 Å². The average molecular weight is 228 g/mol. The molecule has 0 saturated carbocycles. The fraction of sp³-hybridized carbons (Fsp3) is 0.143. The highest BCUT2D eigenvalue weighted by atomic mass is 16.5. The van der Waals surface area contributed by atoms with Crippen LogP contribution in [0.15, 0.2) is 60.7 Å². The van der Waals surface area contributed by atoms with Crippen LogP contribution in [-0.2, 0) is 4.74 Å². The van der Waals surface area contributed by atoms with Crippen LogP contribution in [-0.4, -0.2) is 13.5 Å². The lowest BCUT2D eigenvalue weighted by Gasteiger charge is -2.09. The van der Waals surface area contributed by atoms with Crippen LogP contribution in [0.4, 0.5) is 11.4 Å². The molecule has 2 aromatic rings. The molecule has 0 heterocycles. The Morgan fingerprint density at radius 1 is 0.647 bits per heavy atom. The molecule has 0 bridgehead atoms. The van der Waals surface area contributed by atoms with Gasteiger partial charge in [0.05, 0.1) is 0 Å². The summed E-state index contributed by atoms with van der Waals surface area (Å²) in [6, 6.07) is 20.0. The molecule has 0 aliphatic rings. The van der Waals surface area contributed by atoms with Gasteiger partial charge in [0.25, 0.3) is 0 Å². The number of hydrogen-bond donors (Lipinski definition) is 2. The maximum atomic E-state index is 5.42. The Bertz CT molecular complexity index is 375. The van der Waals surface area contributed by atoms with Crippen molar-refractivity contribution < 1.29 is 4.74 Å². The van der Waals surface area contributed by atoms with Crippen LogP contribution in [0.5, 0.6) is 0 Å². The van der Waals surface area contributed by atoms with Gasteiger partial charge in [-0.3, -0.25) is 0 Å². The molecule has 0 unspecified atom stereocenters. The van der Waals surface area contributed by atoms with Gasteiger partial charge in [0, 0.05) is 11.4 Å². The predicted molar refractivity (Wildman–Crippen MR) is 70.9 cm³/mol. The van der Waals surface area contributed by atoms with Gasteiger partial charge in [0.1, 0.15) is 13.5 Å². The Morgan fingerprint density at radius 3 is 1.47 bits per heavy atom. The van der Waals surface area contributed by atoms with Crippen molar-refractivity contribution in [1.29, 1.82) is 0 Å². The summed E-state index contributed by atoms with van der Waals surface area (Å²) in [5.74, 6) is 0. The Hall–Kier alpha value is -2.00. The quantitative estimate of drug-likeness (QED) is 0.588. The monoisotopic (exact) mass is 228 g/mol. The number of rotatable bonds is 6. The van der Waals surface area contributed by atoms with Crippen LogP contribution in [0.2, 0.25) is 0 Å². The Kier molecular flexibility index (Phi) is 4.43. The van der Waals surface area contributed by atoms with Crippen molar-refractivity contribution in [3.8, 4) is 0 Å². The van der Waals surface area contributed by atoms with E-state index in [9.17, 15) is 0 Å². The van der Waals surface area contributed by atoms with Gasteiger partial charge >= 0.3 is 0 Å². The Balaban J connectivity index is 1.61. The second-order valence-corrected chi connectivity index (χ2v) is 3.58. The molecule has 0 aliphatic carbocycles. The van der Waals surface area contributed by atoms with Crippen LogP contribution in [0, 0.1) is 0 Å². The summed E-state index contributed by atoms with van der Waals surface area (Å²) in [6.45, 7) is 0.980. The molecule has 3 nitrogen and oxygen atoms in total. The summed E-state index contributed by atoms with van der Waals surface area (Å²) in [7, 11) is 0. The molecule has 2 aromatic carbocycles. The summed E-state index contributed by atoms with van der Waals surface area (Å²) >= 11 is 0. The first-order chi connectivity index (χ1) is 8.45. The molecule has 2 rings (SSSR count). The first-order valence-electron chi connectivity index (χ1n) is 5.61. The zero-order valence-corrected chi connectivity index (χ0v) is 9.60. The van der Waals surface area contributed by atoms with Gasteiger partial charge in [-0.25, -0.2) is 0 Å². The second kappa shape index (κ2) is 6.55. The maximum absolute atomic E-state index is 5.42. The van der Waals surface area contributed by atoms with Crippen molar-refractivity contribution in [3.05, 3.63) is 60.7 Å². The van der Waals surface area contributed by atoms with Gasteiger partial charge in [-0.2, -0.15) is 0 Å². The van der Waals surface area contributed by atoms with Crippen LogP contribution in [0.25, 0.3) is 0 Å². The summed E-state index contributed by atoms with van der Waals surface area (Å²) < 4.78 is 5.42. The third-order valence-electron chi connectivity index (χ3n) is 2.30. The van der Waals surface area contributed by atoms with E-state index in [-0.39, 0.29) is 0 Å². The zero-order chi connectivity index (χ0) is 11.8. The minimum Gasteiger partial charge on any atom is -0.363 e. The molecule has 88 valence electrons. The number of ether oxygens (including phenoxy) is 1. The van der Waals surface area contributed by atoms with Gasteiger partial charge in [-0.05, 0) is 24.3 Å². The predicted octanol–water partition coefficient (Wildman–Crippen LogP) is 3.14. The molecule has 0 fully saturated rings. The third kappa shape index (κ3) is 4.17. The van der Waals surface area contributed by atoms with Crippen LogP contribution < -0.4 is 10.6 Å². The van der Waals surface area contributed by atoms with E-state index in [1.165, 1.54) is 0 Å². The highest BCUT2D eigenvalue weighted by Crippen LogP contribution is 2.05. The SMILES string of the molecule is c1ccc(NCOCNc2ccccc2)cc1. The summed E-state index contributed by atoms with van der Waals surface area (Å²) in [5.41, 5.74) is 2.12. The first kappa shape index (κ1) is 11.5. The van der Waals surface area contributed by atoms with E-state index >= 15 is 0 Å². The van der Waals surface area contributed by atoms with Crippen molar-refractivity contribution >= 4 is 11.4 Å². The lowest BCUT2D eigenvalue weighted by atomic mass is 10.3. The molecule has 3 heteroatoms. The summed E-state index contributed by atoms with van der Waals surface area (Å²) in [4.78, 5) is 0. The van der Waals surface area contributed by atoms with Crippen molar-refractivity contribution in [1.82, 2.24) is 0 Å². The van der Waals surface area contributed by atoms with Gasteiger partial charge in [0.2, 0.25) is 0 Å². The molecule has 0 atom stereocenters. The number of anilines is 2. The maximum Gasteiger partial charge on any atom is 0.118 e. The van der Waals surface area contributed by atoms with Crippen molar-refractivity contribution in [2.24, 2.45) is 0 Å². The lowest BCUT2D eigenvalue weighted by molar-refractivity contribution is 0.172. The lowest BCUT2D eigenvalue weighted by Crippen LogP contribution is -2.12. The fourth-order valence-electron chi connectivity index (χ4n) is 1.43. The van der Waals surface area contributed by atoms with E-state index in [4.69, 9.17) is 4.74 Å². The van der Waals surface area contributed by atoms with E-state index in [1.54, 1.807) is 0 Å². The minimum atomic E-state index is 0.490. The van der Waals surface area contributed by atoms with Gasteiger partial charge in [-0.15, -0.1) is 0 Å². The molecule has 0 saturated heterocycles. The third-order valence-corrected chi connectivity index (χ3v) is 2.30. The highest BCUT2D eigenvalue weighted by Gasteiger charge is 1.90. The van der Waals surface area contributed by atoms with E-state index in [0.29, 0.717) is 13.5 Å². The minimum absolute atomic E-state index is 0.490. The molecular formula is C14H16N2O. The Labute approximate surface area is 101 Å². The van der Waals surface area contributed by atoms with Crippen LogP contribution >= 0.6 is 0 Å². The smallest absolute Gasteiger partial charge is 0.118 e. The zero-order valence-electron chi connectivity index (χ0n) is 9.60. The van der Waals surface area contributed by atoms with Crippen LogP contribution in [0.3, 0.4) is 0 Å². The van der Waals surface area contributed by atoms with Gasteiger partial charge in [0.15, 0.2) is 0 Å². The van der Waals surface area contributed by atoms with Gasteiger partial charge in [-0.1, -0.05) is 36.4 Å². The molecule has 0 aromatic heterocycles. The topological polar surface area (TPSA) is 33.3 Å². The normalized spacial score (nSPS) is 9.88. The first-order valence-corrected chi connectivity index (χ1v) is 5.61. The molecule has 2 N–H and O–H groups in total. The summed E-state index contributed by atoms with van der Waals surface area (Å²) in [5, 5.41) is 6.34. The molecule has 0 amide bonds. The van der Waals surface area contributed by atoms with E-state index in [1.807, 2.05) is 60.7 Å². The molecular weight excluding hydrogens is 212 g/mol. The van der Waals surface area contributed by atoms with Crippen molar-refractivity contribution in [2.75, 3.05) is 24.1 Å². The standard InChI is InChI=1S/C14H16N2O/c1-3-7-13(8-4-1)15-11-17-12-16-14-9-5-2-6-10-14/h1-10,15-16H,11-12H2. The highest BCUT2D eigenvalue weighted by molar-refractivity contribution is 5.42. The van der Waals surface area contributed by atoms with E-state index in [2.05, 4.69) is 10.6 Å². The number of para-hydroxylation sites is 2. The average Bonchev–Trinajstić information content (AvgIpc) is 2.41. The van der Waals surface area contributed by atoms with Crippen LogP contribution in [0.1, 0.15) is 0 Å².